The van der Waals surface area contributed by atoms with E-state index in [4.69, 9.17) is 0 Å². The standard InChI is InChI=1S/C20H28N2O4S2/c1-6-22(7-2)28(25,26)19-10-8-18(9-11-19)14-21-27(23,24)20-16(4)12-15(3)13-17(20)5/h8-13,21H,6-7,14H2,1-5H3. The predicted molar refractivity (Wildman–Crippen MR) is 111 cm³/mol. The van der Waals surface area contributed by atoms with Gasteiger partial charge in [-0.05, 0) is 49.6 Å². The molecule has 0 saturated heterocycles. The fourth-order valence-corrected chi connectivity index (χ4v) is 6.26. The van der Waals surface area contributed by atoms with E-state index in [1.165, 1.54) is 16.4 Å². The Bertz CT molecular complexity index is 1020. The van der Waals surface area contributed by atoms with Gasteiger partial charge in [0.2, 0.25) is 20.0 Å². The molecule has 6 nitrogen and oxygen atoms in total. The first-order valence-electron chi connectivity index (χ1n) is 9.19. The molecule has 0 aromatic heterocycles. The summed E-state index contributed by atoms with van der Waals surface area (Å²) < 4.78 is 54.5. The normalized spacial score (nSPS) is 12.5. The van der Waals surface area contributed by atoms with E-state index in [9.17, 15) is 16.8 Å². The molecule has 0 unspecified atom stereocenters. The van der Waals surface area contributed by atoms with Crippen molar-refractivity contribution in [3.8, 4) is 0 Å². The zero-order chi connectivity index (χ0) is 21.1. The van der Waals surface area contributed by atoms with Gasteiger partial charge in [-0.3, -0.25) is 0 Å². The number of hydrogen-bond acceptors (Lipinski definition) is 4. The highest BCUT2D eigenvalue weighted by Crippen LogP contribution is 2.22. The molecule has 28 heavy (non-hydrogen) atoms. The van der Waals surface area contributed by atoms with Gasteiger partial charge in [0.05, 0.1) is 9.79 Å². The van der Waals surface area contributed by atoms with Gasteiger partial charge >= 0.3 is 0 Å². The second-order valence-corrected chi connectivity index (χ2v) is 10.4. The van der Waals surface area contributed by atoms with Gasteiger partial charge in [0.15, 0.2) is 0 Å². The van der Waals surface area contributed by atoms with Gasteiger partial charge in [-0.25, -0.2) is 21.6 Å². The van der Waals surface area contributed by atoms with Crippen molar-refractivity contribution in [2.45, 2.75) is 51.0 Å². The Hall–Kier alpha value is -1.74. The summed E-state index contributed by atoms with van der Waals surface area (Å²) in [6.07, 6.45) is 0. The van der Waals surface area contributed by atoms with E-state index in [-0.39, 0.29) is 11.4 Å². The van der Waals surface area contributed by atoms with Gasteiger partial charge in [-0.15, -0.1) is 0 Å². The van der Waals surface area contributed by atoms with E-state index in [1.54, 1.807) is 39.8 Å². The number of nitrogens with zero attached hydrogens (tertiary/aromatic N) is 1. The van der Waals surface area contributed by atoms with Crippen molar-refractivity contribution in [1.82, 2.24) is 9.03 Å². The van der Waals surface area contributed by atoms with Crippen LogP contribution in [0.1, 0.15) is 36.1 Å². The molecule has 0 amide bonds. The number of aryl methyl sites for hydroxylation is 3. The zero-order valence-electron chi connectivity index (χ0n) is 17.0. The minimum atomic E-state index is -3.67. The molecule has 2 aromatic rings. The summed E-state index contributed by atoms with van der Waals surface area (Å²) in [5.41, 5.74) is 3.10. The highest BCUT2D eigenvalue weighted by atomic mass is 32.2. The van der Waals surface area contributed by atoms with Crippen molar-refractivity contribution >= 4 is 20.0 Å². The summed E-state index contributed by atoms with van der Waals surface area (Å²) in [4.78, 5) is 0.492. The van der Waals surface area contributed by atoms with Crippen molar-refractivity contribution in [2.24, 2.45) is 0 Å². The van der Waals surface area contributed by atoms with E-state index in [2.05, 4.69) is 4.72 Å². The van der Waals surface area contributed by atoms with E-state index in [1.807, 2.05) is 19.1 Å². The summed E-state index contributed by atoms with van der Waals surface area (Å²) in [5.74, 6) is 0. The number of hydrogen-bond donors (Lipinski definition) is 1. The minimum absolute atomic E-state index is 0.0840. The second-order valence-electron chi connectivity index (χ2n) is 6.79. The SMILES string of the molecule is CCN(CC)S(=O)(=O)c1ccc(CNS(=O)(=O)c2c(C)cc(C)cc2C)cc1. The van der Waals surface area contributed by atoms with Gasteiger partial charge in [-0.1, -0.05) is 43.7 Å². The first-order valence-corrected chi connectivity index (χ1v) is 12.1. The van der Waals surface area contributed by atoms with Crippen molar-refractivity contribution in [3.63, 3.8) is 0 Å². The summed E-state index contributed by atoms with van der Waals surface area (Å²) in [7, 11) is -7.20. The van der Waals surface area contributed by atoms with Crippen molar-refractivity contribution in [2.75, 3.05) is 13.1 Å². The lowest BCUT2D eigenvalue weighted by Crippen LogP contribution is -2.30. The lowest BCUT2D eigenvalue weighted by molar-refractivity contribution is 0.445. The molecule has 0 aliphatic carbocycles. The highest BCUT2D eigenvalue weighted by Gasteiger charge is 2.22. The van der Waals surface area contributed by atoms with Gasteiger partial charge in [0.1, 0.15) is 0 Å². The quantitative estimate of drug-likeness (QED) is 0.706. The van der Waals surface area contributed by atoms with Gasteiger partial charge in [0, 0.05) is 19.6 Å². The largest absolute Gasteiger partial charge is 0.243 e. The van der Waals surface area contributed by atoms with Gasteiger partial charge in [-0.2, -0.15) is 4.31 Å². The molecule has 0 heterocycles. The molecule has 0 spiro atoms. The van der Waals surface area contributed by atoms with Crippen LogP contribution >= 0.6 is 0 Å². The molecule has 0 bridgehead atoms. The molecule has 0 atom stereocenters. The van der Waals surface area contributed by atoms with Crippen LogP contribution in [0.4, 0.5) is 0 Å². The monoisotopic (exact) mass is 424 g/mol. The Morgan fingerprint density at radius 2 is 1.36 bits per heavy atom. The van der Waals surface area contributed by atoms with Crippen LogP contribution < -0.4 is 4.72 Å². The minimum Gasteiger partial charge on any atom is -0.207 e. The topological polar surface area (TPSA) is 83.6 Å². The Balaban J connectivity index is 2.20. The molecule has 1 N–H and O–H groups in total. The fraction of sp³-hybridized carbons (Fsp3) is 0.400. The Labute approximate surface area is 168 Å². The van der Waals surface area contributed by atoms with Gasteiger partial charge < -0.3 is 0 Å². The average molecular weight is 425 g/mol. The van der Waals surface area contributed by atoms with Crippen LogP contribution in [0, 0.1) is 20.8 Å². The number of nitrogens with one attached hydrogen (secondary N) is 1. The maximum Gasteiger partial charge on any atom is 0.243 e. The number of benzene rings is 2. The zero-order valence-corrected chi connectivity index (χ0v) is 18.6. The van der Waals surface area contributed by atoms with Crippen molar-refractivity contribution < 1.29 is 16.8 Å². The van der Waals surface area contributed by atoms with Crippen LogP contribution in [0.3, 0.4) is 0 Å². The van der Waals surface area contributed by atoms with Crippen LogP contribution in [-0.2, 0) is 26.6 Å². The molecule has 0 radical (unpaired) electrons. The molecule has 2 aromatic carbocycles. The summed E-state index contributed by atoms with van der Waals surface area (Å²) in [5, 5.41) is 0. The molecule has 0 fully saturated rings. The van der Waals surface area contributed by atoms with Crippen LogP contribution in [0.2, 0.25) is 0 Å². The first kappa shape index (κ1) is 22.5. The van der Waals surface area contributed by atoms with E-state index in [0.717, 1.165) is 5.56 Å². The third-order valence-corrected chi connectivity index (χ3v) is 8.38. The Morgan fingerprint density at radius 3 is 1.82 bits per heavy atom. The summed E-state index contributed by atoms with van der Waals surface area (Å²) in [6.45, 7) is 9.95. The lowest BCUT2D eigenvalue weighted by atomic mass is 10.1. The van der Waals surface area contributed by atoms with Crippen molar-refractivity contribution in [3.05, 3.63) is 58.7 Å². The molecule has 2 rings (SSSR count). The Morgan fingerprint density at radius 1 is 0.857 bits per heavy atom. The number of rotatable bonds is 8. The van der Waals surface area contributed by atoms with Crippen LogP contribution in [0.5, 0.6) is 0 Å². The molecule has 0 saturated carbocycles. The molecular formula is C20H28N2O4S2. The highest BCUT2D eigenvalue weighted by molar-refractivity contribution is 7.89. The molecule has 154 valence electrons. The Kier molecular flexibility index (Phi) is 7.03. The summed E-state index contributed by atoms with van der Waals surface area (Å²) >= 11 is 0. The predicted octanol–water partition coefficient (Wildman–Crippen LogP) is 3.12. The summed E-state index contributed by atoms with van der Waals surface area (Å²) in [6, 6.07) is 9.98. The van der Waals surface area contributed by atoms with E-state index < -0.39 is 20.0 Å². The first-order chi connectivity index (χ1) is 13.0. The molecule has 0 aliphatic heterocycles. The maximum atomic E-state index is 12.7. The van der Waals surface area contributed by atoms with Crippen LogP contribution in [0.15, 0.2) is 46.2 Å². The smallest absolute Gasteiger partial charge is 0.207 e. The maximum absolute atomic E-state index is 12.7. The van der Waals surface area contributed by atoms with E-state index in [0.29, 0.717) is 34.7 Å². The third-order valence-electron chi connectivity index (χ3n) is 4.61. The molecule has 8 heteroatoms. The van der Waals surface area contributed by atoms with Crippen LogP contribution in [-0.4, -0.2) is 34.2 Å². The molecular weight excluding hydrogens is 396 g/mol. The van der Waals surface area contributed by atoms with Gasteiger partial charge in [0.25, 0.3) is 0 Å². The van der Waals surface area contributed by atoms with Crippen molar-refractivity contribution in [1.29, 1.82) is 0 Å². The number of sulfonamides is 2. The molecule has 0 aliphatic rings. The average Bonchev–Trinajstić information content (AvgIpc) is 2.60. The van der Waals surface area contributed by atoms with Crippen LogP contribution in [0.25, 0.3) is 0 Å². The van der Waals surface area contributed by atoms with E-state index >= 15 is 0 Å². The lowest BCUT2D eigenvalue weighted by Gasteiger charge is -2.18. The third kappa shape index (κ3) is 4.81. The fourth-order valence-electron chi connectivity index (χ4n) is 3.33. The second kappa shape index (κ2) is 8.73.